The molecule has 0 unspecified atom stereocenters. The van der Waals surface area contributed by atoms with Gasteiger partial charge >= 0.3 is 0 Å². The van der Waals surface area contributed by atoms with E-state index in [-0.39, 0.29) is 28.3 Å². The Labute approximate surface area is 180 Å². The Kier molecular flexibility index (Phi) is 5.80. The molecular formula is C21H16N4O5S. The van der Waals surface area contributed by atoms with Crippen molar-refractivity contribution in [2.45, 2.75) is 5.22 Å². The number of hydrogen-bond donors (Lipinski definition) is 1. The van der Waals surface area contributed by atoms with Crippen LogP contribution in [0.4, 0.5) is 11.4 Å². The van der Waals surface area contributed by atoms with Crippen LogP contribution < -0.4 is 10.1 Å². The average Bonchev–Trinajstić information content (AvgIpc) is 3.26. The minimum absolute atomic E-state index is 0.0134. The number of fused-ring (bicyclic) bond motifs is 1. The number of benzene rings is 3. The summed E-state index contributed by atoms with van der Waals surface area (Å²) in [5.74, 6) is 0.233. The van der Waals surface area contributed by atoms with Gasteiger partial charge in [-0.05, 0) is 29.0 Å². The first-order valence-corrected chi connectivity index (χ1v) is 10.1. The SMILES string of the molecule is COc1cc([N+](=O)[O-])ccc1NC(=O)CSc1nnc(-c2ccc3ccccc3c2)o1. The van der Waals surface area contributed by atoms with E-state index in [2.05, 4.69) is 15.5 Å². The largest absolute Gasteiger partial charge is 0.494 e. The van der Waals surface area contributed by atoms with Gasteiger partial charge in [0.2, 0.25) is 11.8 Å². The number of nitrogens with one attached hydrogen (secondary N) is 1. The van der Waals surface area contributed by atoms with E-state index in [9.17, 15) is 14.9 Å². The van der Waals surface area contributed by atoms with Crippen LogP contribution in [0.2, 0.25) is 0 Å². The van der Waals surface area contributed by atoms with Gasteiger partial charge in [-0.3, -0.25) is 14.9 Å². The number of nitro benzene ring substituents is 1. The molecule has 0 atom stereocenters. The van der Waals surface area contributed by atoms with Crippen LogP contribution in [0.3, 0.4) is 0 Å². The zero-order valence-electron chi connectivity index (χ0n) is 16.3. The summed E-state index contributed by atoms with van der Waals surface area (Å²) in [6.07, 6.45) is 0. The van der Waals surface area contributed by atoms with Crippen molar-refractivity contribution in [3.8, 4) is 17.2 Å². The molecule has 0 aliphatic heterocycles. The minimum atomic E-state index is -0.535. The molecule has 4 aromatic rings. The normalized spacial score (nSPS) is 10.7. The third-order valence-electron chi connectivity index (χ3n) is 4.40. The minimum Gasteiger partial charge on any atom is -0.494 e. The zero-order chi connectivity index (χ0) is 21.8. The summed E-state index contributed by atoms with van der Waals surface area (Å²) in [6, 6.07) is 17.8. The van der Waals surface area contributed by atoms with Gasteiger partial charge in [0.15, 0.2) is 0 Å². The molecule has 0 saturated carbocycles. The molecule has 156 valence electrons. The van der Waals surface area contributed by atoms with Crippen molar-refractivity contribution >= 4 is 39.8 Å². The van der Waals surface area contributed by atoms with Crippen molar-refractivity contribution in [1.29, 1.82) is 0 Å². The number of amides is 1. The molecule has 0 fully saturated rings. The number of carbonyl (C=O) groups is 1. The lowest BCUT2D eigenvalue weighted by Crippen LogP contribution is -2.14. The van der Waals surface area contributed by atoms with Crippen molar-refractivity contribution in [3.05, 3.63) is 70.8 Å². The number of nitrogens with zero attached hydrogens (tertiary/aromatic N) is 3. The van der Waals surface area contributed by atoms with Gasteiger partial charge in [-0.2, -0.15) is 0 Å². The van der Waals surface area contributed by atoms with Gasteiger partial charge in [-0.25, -0.2) is 0 Å². The second-order valence-electron chi connectivity index (χ2n) is 6.41. The summed E-state index contributed by atoms with van der Waals surface area (Å²) in [6.45, 7) is 0. The number of aromatic nitrogens is 2. The van der Waals surface area contributed by atoms with Crippen molar-refractivity contribution < 1.29 is 18.9 Å². The number of thioether (sulfide) groups is 1. The second-order valence-corrected chi connectivity index (χ2v) is 7.34. The van der Waals surface area contributed by atoms with E-state index in [4.69, 9.17) is 9.15 Å². The van der Waals surface area contributed by atoms with Crippen molar-refractivity contribution in [2.24, 2.45) is 0 Å². The third kappa shape index (κ3) is 4.64. The first-order chi connectivity index (χ1) is 15.0. The molecule has 0 bridgehead atoms. The van der Waals surface area contributed by atoms with Gasteiger partial charge < -0.3 is 14.5 Å². The number of anilines is 1. The standard InChI is InChI=1S/C21H16N4O5S/c1-29-18-11-16(25(27)28)8-9-17(18)22-19(26)12-31-21-24-23-20(30-21)15-7-6-13-4-2-3-5-14(13)10-15/h2-11H,12H2,1H3,(H,22,26). The summed E-state index contributed by atoms with van der Waals surface area (Å²) in [5, 5.41) is 24.0. The monoisotopic (exact) mass is 436 g/mol. The lowest BCUT2D eigenvalue weighted by atomic mass is 10.1. The molecule has 0 radical (unpaired) electrons. The quantitative estimate of drug-likeness (QED) is 0.255. The van der Waals surface area contributed by atoms with Crippen LogP contribution in [0.25, 0.3) is 22.2 Å². The van der Waals surface area contributed by atoms with Gasteiger partial charge in [0.25, 0.3) is 10.9 Å². The Bertz CT molecular complexity index is 1270. The average molecular weight is 436 g/mol. The maximum Gasteiger partial charge on any atom is 0.277 e. The van der Waals surface area contributed by atoms with E-state index in [1.165, 1.54) is 25.3 Å². The maximum absolute atomic E-state index is 12.3. The molecular weight excluding hydrogens is 420 g/mol. The van der Waals surface area contributed by atoms with Crippen LogP contribution in [-0.2, 0) is 4.79 Å². The van der Waals surface area contributed by atoms with Crippen molar-refractivity contribution in [2.75, 3.05) is 18.2 Å². The molecule has 3 aromatic carbocycles. The smallest absolute Gasteiger partial charge is 0.277 e. The molecule has 1 heterocycles. The van der Waals surface area contributed by atoms with Gasteiger partial charge in [-0.1, -0.05) is 42.1 Å². The van der Waals surface area contributed by atoms with E-state index in [0.717, 1.165) is 28.1 Å². The third-order valence-corrected chi connectivity index (χ3v) is 5.22. The molecule has 0 aliphatic carbocycles. The number of non-ortho nitro benzene ring substituents is 1. The molecule has 0 saturated heterocycles. The highest BCUT2D eigenvalue weighted by molar-refractivity contribution is 7.99. The van der Waals surface area contributed by atoms with Crippen molar-refractivity contribution in [3.63, 3.8) is 0 Å². The number of ether oxygens (including phenoxy) is 1. The molecule has 10 heteroatoms. The Morgan fingerprint density at radius 3 is 2.71 bits per heavy atom. The van der Waals surface area contributed by atoms with Crippen LogP contribution in [-0.4, -0.2) is 33.9 Å². The maximum atomic E-state index is 12.3. The number of hydrogen-bond acceptors (Lipinski definition) is 8. The number of methoxy groups -OCH3 is 1. The van der Waals surface area contributed by atoms with Crippen molar-refractivity contribution in [1.82, 2.24) is 10.2 Å². The zero-order valence-corrected chi connectivity index (χ0v) is 17.1. The number of nitro groups is 1. The van der Waals surface area contributed by atoms with Crippen LogP contribution in [0, 0.1) is 10.1 Å². The van der Waals surface area contributed by atoms with Gasteiger partial charge in [0, 0.05) is 11.6 Å². The lowest BCUT2D eigenvalue weighted by Gasteiger charge is -2.09. The van der Waals surface area contributed by atoms with Gasteiger partial charge in [0.05, 0.1) is 29.5 Å². The summed E-state index contributed by atoms with van der Waals surface area (Å²) in [4.78, 5) is 22.6. The topological polar surface area (TPSA) is 120 Å². The molecule has 0 spiro atoms. The van der Waals surface area contributed by atoms with E-state index in [1.54, 1.807) is 0 Å². The first-order valence-electron chi connectivity index (χ1n) is 9.11. The molecule has 1 N–H and O–H groups in total. The summed E-state index contributed by atoms with van der Waals surface area (Å²) in [5.41, 5.74) is 0.996. The van der Waals surface area contributed by atoms with E-state index >= 15 is 0 Å². The van der Waals surface area contributed by atoms with Crippen LogP contribution >= 0.6 is 11.8 Å². The van der Waals surface area contributed by atoms with E-state index in [1.807, 2.05) is 42.5 Å². The molecule has 1 aromatic heterocycles. The predicted octanol–water partition coefficient (Wildman–Crippen LogP) is 4.54. The predicted molar refractivity (Wildman–Crippen MR) is 116 cm³/mol. The molecule has 9 nitrogen and oxygen atoms in total. The fourth-order valence-electron chi connectivity index (χ4n) is 2.92. The number of carbonyl (C=O) groups excluding carboxylic acids is 1. The fourth-order valence-corrected chi connectivity index (χ4v) is 3.48. The lowest BCUT2D eigenvalue weighted by molar-refractivity contribution is -0.384. The van der Waals surface area contributed by atoms with Crippen LogP contribution in [0.5, 0.6) is 5.75 Å². The van der Waals surface area contributed by atoms with Gasteiger partial charge in [0.1, 0.15) is 5.75 Å². The first kappa shape index (κ1) is 20.4. The Morgan fingerprint density at radius 1 is 1.13 bits per heavy atom. The summed E-state index contributed by atoms with van der Waals surface area (Å²) < 4.78 is 10.8. The Hall–Kier alpha value is -3.92. The molecule has 1 amide bonds. The highest BCUT2D eigenvalue weighted by atomic mass is 32.2. The molecule has 0 aliphatic rings. The van der Waals surface area contributed by atoms with E-state index < -0.39 is 4.92 Å². The van der Waals surface area contributed by atoms with Gasteiger partial charge in [-0.15, -0.1) is 10.2 Å². The Balaban J connectivity index is 1.40. The van der Waals surface area contributed by atoms with Crippen LogP contribution in [0.1, 0.15) is 0 Å². The molecule has 4 rings (SSSR count). The second kappa shape index (κ2) is 8.84. The molecule has 31 heavy (non-hydrogen) atoms. The Morgan fingerprint density at radius 2 is 1.94 bits per heavy atom. The summed E-state index contributed by atoms with van der Waals surface area (Å²) >= 11 is 1.09. The number of rotatable bonds is 7. The van der Waals surface area contributed by atoms with E-state index in [0.29, 0.717) is 11.6 Å². The highest BCUT2D eigenvalue weighted by Crippen LogP contribution is 2.30. The summed E-state index contributed by atoms with van der Waals surface area (Å²) in [7, 11) is 1.37. The fraction of sp³-hybridized carbons (Fsp3) is 0.0952. The highest BCUT2D eigenvalue weighted by Gasteiger charge is 2.15. The van der Waals surface area contributed by atoms with Crippen LogP contribution in [0.15, 0.2) is 70.3 Å².